The van der Waals surface area contributed by atoms with Crippen molar-refractivity contribution < 1.29 is 0 Å². The Kier molecular flexibility index (Phi) is 5.53. The average molecular weight is 374 g/mol. The summed E-state index contributed by atoms with van der Waals surface area (Å²) in [6.07, 6.45) is 1.39. The average Bonchev–Trinajstić information content (AvgIpc) is 2.64. The highest BCUT2D eigenvalue weighted by Crippen LogP contribution is 2.27. The van der Waals surface area contributed by atoms with Crippen LogP contribution in [0.5, 0.6) is 0 Å². The molecule has 4 nitrogen and oxygen atoms in total. The molecule has 0 radical (unpaired) electrons. The molecule has 0 aliphatic carbocycles. The standard InChI is InChI=1S/C19H17Cl2N3O/c1-23(13-24-19(25)17(21)16(20)12-22-24)18(14-8-4-2-5-9-14)15-10-6-3-7-11-15/h2-12,18H,13H2,1H3. The second-order valence-corrected chi connectivity index (χ2v) is 6.52. The lowest BCUT2D eigenvalue weighted by atomic mass is 9.98. The van der Waals surface area contributed by atoms with Crippen molar-refractivity contribution in [2.45, 2.75) is 12.7 Å². The van der Waals surface area contributed by atoms with Gasteiger partial charge in [0.2, 0.25) is 0 Å². The van der Waals surface area contributed by atoms with Gasteiger partial charge >= 0.3 is 0 Å². The fraction of sp³-hybridized carbons (Fsp3) is 0.158. The number of aromatic nitrogens is 2. The van der Waals surface area contributed by atoms with Crippen LogP contribution in [0.2, 0.25) is 10.0 Å². The SMILES string of the molecule is CN(Cn1ncc(Cl)c(Cl)c1=O)C(c1ccccc1)c1ccccc1. The van der Waals surface area contributed by atoms with Gasteiger partial charge in [-0.2, -0.15) is 5.10 Å². The first-order chi connectivity index (χ1) is 12.1. The molecule has 0 fully saturated rings. The van der Waals surface area contributed by atoms with Gasteiger partial charge in [-0.25, -0.2) is 4.68 Å². The van der Waals surface area contributed by atoms with Crippen molar-refractivity contribution in [3.05, 3.63) is 98.4 Å². The Balaban J connectivity index is 1.97. The summed E-state index contributed by atoms with van der Waals surface area (Å²) in [5.41, 5.74) is 1.86. The molecule has 1 aromatic heterocycles. The first-order valence-corrected chi connectivity index (χ1v) is 8.55. The predicted molar refractivity (Wildman–Crippen MR) is 101 cm³/mol. The molecule has 128 valence electrons. The third-order valence-corrected chi connectivity index (χ3v) is 4.72. The van der Waals surface area contributed by atoms with Gasteiger partial charge in [0, 0.05) is 0 Å². The third kappa shape index (κ3) is 3.93. The van der Waals surface area contributed by atoms with Crippen molar-refractivity contribution in [3.8, 4) is 0 Å². The van der Waals surface area contributed by atoms with E-state index in [9.17, 15) is 4.79 Å². The Bertz CT molecular complexity index is 858. The molecule has 0 saturated carbocycles. The van der Waals surface area contributed by atoms with Gasteiger partial charge in [0.25, 0.3) is 5.56 Å². The highest BCUT2D eigenvalue weighted by molar-refractivity contribution is 6.41. The lowest BCUT2D eigenvalue weighted by molar-refractivity contribution is 0.204. The van der Waals surface area contributed by atoms with Gasteiger partial charge in [0.1, 0.15) is 5.02 Å². The van der Waals surface area contributed by atoms with E-state index in [4.69, 9.17) is 23.2 Å². The summed E-state index contributed by atoms with van der Waals surface area (Å²) in [6, 6.07) is 20.2. The van der Waals surface area contributed by atoms with Crippen LogP contribution in [0, 0.1) is 0 Å². The van der Waals surface area contributed by atoms with E-state index >= 15 is 0 Å². The van der Waals surface area contributed by atoms with Crippen molar-refractivity contribution in [1.29, 1.82) is 0 Å². The van der Waals surface area contributed by atoms with Crippen molar-refractivity contribution in [2.24, 2.45) is 0 Å². The molecular weight excluding hydrogens is 357 g/mol. The number of hydrogen-bond acceptors (Lipinski definition) is 3. The molecule has 0 aliphatic heterocycles. The zero-order valence-corrected chi connectivity index (χ0v) is 15.2. The lowest BCUT2D eigenvalue weighted by Gasteiger charge is -2.29. The summed E-state index contributed by atoms with van der Waals surface area (Å²) < 4.78 is 1.31. The molecule has 25 heavy (non-hydrogen) atoms. The Morgan fingerprint density at radius 2 is 1.52 bits per heavy atom. The molecule has 6 heteroatoms. The van der Waals surface area contributed by atoms with E-state index < -0.39 is 5.56 Å². The smallest absolute Gasteiger partial charge is 0.276 e. The molecular formula is C19H17Cl2N3O. The first-order valence-electron chi connectivity index (χ1n) is 7.79. The van der Waals surface area contributed by atoms with Crippen LogP contribution in [-0.2, 0) is 6.67 Å². The van der Waals surface area contributed by atoms with Crippen molar-refractivity contribution in [2.75, 3.05) is 7.05 Å². The molecule has 0 spiro atoms. The molecule has 0 amide bonds. The topological polar surface area (TPSA) is 38.1 Å². The highest BCUT2D eigenvalue weighted by atomic mass is 35.5. The van der Waals surface area contributed by atoms with Crippen molar-refractivity contribution >= 4 is 23.2 Å². The number of hydrogen-bond donors (Lipinski definition) is 0. The lowest BCUT2D eigenvalue weighted by Crippen LogP contribution is -2.34. The number of halogens is 2. The largest absolute Gasteiger partial charge is 0.288 e. The van der Waals surface area contributed by atoms with Crippen LogP contribution >= 0.6 is 23.2 Å². The highest BCUT2D eigenvalue weighted by Gasteiger charge is 2.20. The van der Waals surface area contributed by atoms with Gasteiger partial charge in [-0.3, -0.25) is 9.69 Å². The second kappa shape index (κ2) is 7.83. The van der Waals surface area contributed by atoms with Crippen molar-refractivity contribution in [1.82, 2.24) is 14.7 Å². The molecule has 0 saturated heterocycles. The van der Waals surface area contributed by atoms with E-state index in [0.29, 0.717) is 0 Å². The van der Waals surface area contributed by atoms with Gasteiger partial charge < -0.3 is 0 Å². The number of nitrogens with zero attached hydrogens (tertiary/aromatic N) is 3. The summed E-state index contributed by atoms with van der Waals surface area (Å²) >= 11 is 11.8. The maximum Gasteiger partial charge on any atom is 0.288 e. The van der Waals surface area contributed by atoms with Gasteiger partial charge in [0.15, 0.2) is 0 Å². The first kappa shape index (κ1) is 17.7. The molecule has 0 bridgehead atoms. The molecule has 0 N–H and O–H groups in total. The molecule has 0 aliphatic rings. The quantitative estimate of drug-likeness (QED) is 0.671. The number of benzene rings is 2. The second-order valence-electron chi connectivity index (χ2n) is 5.73. The monoisotopic (exact) mass is 373 g/mol. The molecule has 1 heterocycles. The predicted octanol–water partition coefficient (Wildman–Crippen LogP) is 4.23. The van der Waals surface area contributed by atoms with Crippen molar-refractivity contribution in [3.63, 3.8) is 0 Å². The van der Waals surface area contributed by atoms with Gasteiger partial charge in [0.05, 0.1) is 23.9 Å². The Morgan fingerprint density at radius 1 is 1.00 bits per heavy atom. The normalized spacial score (nSPS) is 11.2. The third-order valence-electron chi connectivity index (χ3n) is 3.97. The zero-order chi connectivity index (χ0) is 17.8. The maximum atomic E-state index is 12.3. The number of rotatable bonds is 5. The molecule has 0 unspecified atom stereocenters. The van der Waals surface area contributed by atoms with Gasteiger partial charge in [-0.15, -0.1) is 0 Å². The summed E-state index contributed by atoms with van der Waals surface area (Å²) in [5.74, 6) is 0. The molecule has 3 rings (SSSR count). The van der Waals surface area contributed by atoms with E-state index in [0.717, 1.165) is 11.1 Å². The Morgan fingerprint density at radius 3 is 2.04 bits per heavy atom. The van der Waals surface area contributed by atoms with Crippen LogP contribution < -0.4 is 5.56 Å². The fourth-order valence-electron chi connectivity index (χ4n) is 2.81. The van der Waals surface area contributed by atoms with E-state index in [1.165, 1.54) is 10.9 Å². The molecule has 3 aromatic rings. The molecule has 0 atom stereocenters. The van der Waals surface area contributed by atoms with E-state index in [-0.39, 0.29) is 22.8 Å². The maximum absolute atomic E-state index is 12.3. The van der Waals surface area contributed by atoms with Crippen LogP contribution in [0.25, 0.3) is 0 Å². The van der Waals surface area contributed by atoms with Crippen LogP contribution in [0.1, 0.15) is 17.2 Å². The molecule has 2 aromatic carbocycles. The summed E-state index contributed by atoms with van der Waals surface area (Å²) in [4.78, 5) is 14.3. The minimum atomic E-state index is -0.402. The summed E-state index contributed by atoms with van der Waals surface area (Å²) in [6.45, 7) is 0.282. The van der Waals surface area contributed by atoms with Crippen LogP contribution in [-0.4, -0.2) is 21.7 Å². The fourth-order valence-corrected chi connectivity index (χ4v) is 3.08. The Hall–Kier alpha value is -2.14. The minimum absolute atomic E-state index is 0.0129. The van der Waals surface area contributed by atoms with E-state index in [1.54, 1.807) is 0 Å². The Labute approximate surface area is 156 Å². The van der Waals surface area contributed by atoms with Gasteiger partial charge in [-0.05, 0) is 18.2 Å². The summed E-state index contributed by atoms with van der Waals surface area (Å²) in [7, 11) is 1.95. The van der Waals surface area contributed by atoms with E-state index in [2.05, 4.69) is 29.4 Å². The van der Waals surface area contributed by atoms with E-state index in [1.807, 2.05) is 48.3 Å². The van der Waals surface area contributed by atoms with Crippen LogP contribution in [0.4, 0.5) is 0 Å². The van der Waals surface area contributed by atoms with Crippen LogP contribution in [0.15, 0.2) is 71.7 Å². The minimum Gasteiger partial charge on any atom is -0.276 e. The zero-order valence-electron chi connectivity index (χ0n) is 13.6. The van der Waals surface area contributed by atoms with Gasteiger partial charge in [-0.1, -0.05) is 83.9 Å². The van der Waals surface area contributed by atoms with Crippen LogP contribution in [0.3, 0.4) is 0 Å². The summed E-state index contributed by atoms with van der Waals surface area (Å²) in [5, 5.41) is 4.24.